The van der Waals surface area contributed by atoms with Crippen LogP contribution in [0.1, 0.15) is 5.56 Å². The van der Waals surface area contributed by atoms with Gasteiger partial charge in [-0.1, -0.05) is 0 Å². The van der Waals surface area contributed by atoms with Crippen LogP contribution in [0.3, 0.4) is 0 Å². The highest BCUT2D eigenvalue weighted by atomic mass is 14.8. The van der Waals surface area contributed by atoms with E-state index in [9.17, 15) is 0 Å². The number of diazo groups is 1. The van der Waals surface area contributed by atoms with Crippen molar-refractivity contribution in [3.05, 3.63) is 40.4 Å². The standard InChI is InChI=1S/C10H5N4/c11-6-9(7-12)5-8-1-3-10(14-13)4-2-8/h1-5H/q+1. The Morgan fingerprint density at radius 3 is 2.14 bits per heavy atom. The summed E-state index contributed by atoms with van der Waals surface area (Å²) < 4.78 is 0. The van der Waals surface area contributed by atoms with E-state index in [0.717, 1.165) is 5.56 Å². The molecule has 4 heteroatoms. The van der Waals surface area contributed by atoms with Crippen LogP contribution in [-0.2, 0) is 0 Å². The van der Waals surface area contributed by atoms with Crippen molar-refractivity contribution in [3.8, 4) is 12.1 Å². The molecule has 0 aliphatic rings. The molecule has 0 aliphatic heterocycles. The van der Waals surface area contributed by atoms with E-state index in [2.05, 4.69) is 4.98 Å². The van der Waals surface area contributed by atoms with Gasteiger partial charge in [0.1, 0.15) is 17.7 Å². The zero-order chi connectivity index (χ0) is 10.4. The maximum atomic E-state index is 8.49. The van der Waals surface area contributed by atoms with Gasteiger partial charge in [-0.2, -0.15) is 10.5 Å². The van der Waals surface area contributed by atoms with Gasteiger partial charge in [-0.15, -0.1) is 0 Å². The molecule has 1 rings (SSSR count). The minimum Gasteiger partial charge on any atom is -0.192 e. The van der Waals surface area contributed by atoms with E-state index in [4.69, 9.17) is 15.9 Å². The molecule has 0 heterocycles. The van der Waals surface area contributed by atoms with Crippen molar-refractivity contribution in [2.24, 2.45) is 0 Å². The molecule has 0 fully saturated rings. The van der Waals surface area contributed by atoms with Gasteiger partial charge < -0.3 is 0 Å². The fraction of sp³-hybridized carbons (Fsp3) is 0. The Morgan fingerprint density at radius 1 is 1.14 bits per heavy atom. The smallest absolute Gasteiger partial charge is 0.192 e. The van der Waals surface area contributed by atoms with Gasteiger partial charge in [0.15, 0.2) is 4.98 Å². The van der Waals surface area contributed by atoms with Gasteiger partial charge in [0, 0.05) is 12.1 Å². The van der Waals surface area contributed by atoms with Crippen LogP contribution in [0.5, 0.6) is 0 Å². The number of allylic oxidation sites excluding steroid dienone is 1. The highest BCUT2D eigenvalue weighted by Crippen LogP contribution is 2.14. The number of benzene rings is 1. The Bertz CT molecular complexity index is 461. The summed E-state index contributed by atoms with van der Waals surface area (Å²) in [5.41, 5.74) is 1.19. The van der Waals surface area contributed by atoms with Gasteiger partial charge in [0.05, 0.1) is 0 Å². The Labute approximate surface area is 80.9 Å². The molecule has 0 aliphatic carbocycles. The summed E-state index contributed by atoms with van der Waals surface area (Å²) in [5.74, 6) is 0. The van der Waals surface area contributed by atoms with Crippen LogP contribution < -0.4 is 0 Å². The molecule has 1 aromatic rings. The molecule has 0 aromatic heterocycles. The monoisotopic (exact) mass is 181 g/mol. The number of nitriles is 2. The summed E-state index contributed by atoms with van der Waals surface area (Å²) in [6.07, 6.45) is 1.46. The van der Waals surface area contributed by atoms with Crippen molar-refractivity contribution >= 4 is 11.8 Å². The van der Waals surface area contributed by atoms with Crippen LogP contribution in [0.15, 0.2) is 29.8 Å². The molecule has 0 N–H and O–H groups in total. The fourth-order valence-electron chi connectivity index (χ4n) is 0.893. The van der Waals surface area contributed by atoms with E-state index in [-0.39, 0.29) is 5.57 Å². The third-order valence-electron chi connectivity index (χ3n) is 1.56. The van der Waals surface area contributed by atoms with Gasteiger partial charge in [0.25, 0.3) is 0 Å². The summed E-state index contributed by atoms with van der Waals surface area (Å²) >= 11 is 0. The van der Waals surface area contributed by atoms with Gasteiger partial charge in [0.2, 0.25) is 5.39 Å². The first-order chi connectivity index (χ1) is 6.80. The lowest BCUT2D eigenvalue weighted by molar-refractivity contribution is 1.46. The van der Waals surface area contributed by atoms with Crippen LogP contribution >= 0.6 is 0 Å². The molecule has 64 valence electrons. The number of hydrogen-bond donors (Lipinski definition) is 0. The minimum atomic E-state index is 0.0405. The molecule has 0 amide bonds. The second-order valence-electron chi connectivity index (χ2n) is 2.47. The quantitative estimate of drug-likeness (QED) is 0.493. The van der Waals surface area contributed by atoms with Gasteiger partial charge in [-0.3, -0.25) is 0 Å². The van der Waals surface area contributed by atoms with Gasteiger partial charge in [-0.25, -0.2) is 0 Å². The topological polar surface area (TPSA) is 75.7 Å². The van der Waals surface area contributed by atoms with E-state index in [1.165, 1.54) is 6.08 Å². The lowest BCUT2D eigenvalue weighted by Gasteiger charge is -1.87. The Balaban J connectivity index is 3.03. The third-order valence-corrected chi connectivity index (χ3v) is 1.56. The lowest BCUT2D eigenvalue weighted by atomic mass is 10.1. The largest absolute Gasteiger partial charge is 0.385 e. The molecule has 0 saturated heterocycles. The molecule has 0 spiro atoms. The van der Waals surface area contributed by atoms with Gasteiger partial charge >= 0.3 is 5.69 Å². The van der Waals surface area contributed by atoms with Gasteiger partial charge in [-0.05, 0) is 23.8 Å². The molecule has 0 radical (unpaired) electrons. The maximum absolute atomic E-state index is 8.49. The summed E-state index contributed by atoms with van der Waals surface area (Å²) in [6.45, 7) is 0. The predicted octanol–water partition coefficient (Wildman–Crippen LogP) is 2.60. The fourth-order valence-corrected chi connectivity index (χ4v) is 0.893. The molecule has 1 aromatic carbocycles. The predicted molar refractivity (Wildman–Crippen MR) is 50.4 cm³/mol. The molecular weight excluding hydrogens is 176 g/mol. The Kier molecular flexibility index (Phi) is 2.97. The first-order valence-corrected chi connectivity index (χ1v) is 3.77. The SMILES string of the molecule is N#CC(C#N)=Cc1ccc([N+]#N)cc1. The summed E-state index contributed by atoms with van der Waals surface area (Å²) in [7, 11) is 0. The van der Waals surface area contributed by atoms with E-state index in [1.54, 1.807) is 36.4 Å². The Morgan fingerprint density at radius 2 is 1.71 bits per heavy atom. The minimum absolute atomic E-state index is 0.0405. The highest BCUT2D eigenvalue weighted by Gasteiger charge is 2.01. The Hall–Kier alpha value is -2.64. The summed E-state index contributed by atoms with van der Waals surface area (Å²) in [4.78, 5) is 2.98. The molecule has 0 bridgehead atoms. The molecule has 14 heavy (non-hydrogen) atoms. The van der Waals surface area contributed by atoms with Crippen molar-refractivity contribution in [2.45, 2.75) is 0 Å². The van der Waals surface area contributed by atoms with Crippen molar-refractivity contribution in [2.75, 3.05) is 0 Å². The average Bonchev–Trinajstić information content (AvgIpc) is 2.26. The second-order valence-corrected chi connectivity index (χ2v) is 2.47. The van der Waals surface area contributed by atoms with Crippen molar-refractivity contribution in [3.63, 3.8) is 0 Å². The second kappa shape index (κ2) is 4.40. The molecule has 0 atom stereocenters. The van der Waals surface area contributed by atoms with Crippen LogP contribution in [0.4, 0.5) is 5.69 Å². The van der Waals surface area contributed by atoms with E-state index >= 15 is 0 Å². The molecule has 0 saturated carbocycles. The lowest BCUT2D eigenvalue weighted by Crippen LogP contribution is -1.74. The zero-order valence-electron chi connectivity index (χ0n) is 7.18. The van der Waals surface area contributed by atoms with Crippen LogP contribution in [0.25, 0.3) is 11.1 Å². The summed E-state index contributed by atoms with van der Waals surface area (Å²) in [5, 5.41) is 25.4. The normalized spacial score (nSPS) is 7.79. The number of rotatable bonds is 1. The van der Waals surface area contributed by atoms with E-state index < -0.39 is 0 Å². The van der Waals surface area contributed by atoms with E-state index in [0.29, 0.717) is 5.69 Å². The van der Waals surface area contributed by atoms with Crippen LogP contribution in [0, 0.1) is 28.1 Å². The third kappa shape index (κ3) is 2.17. The number of hydrogen-bond acceptors (Lipinski definition) is 3. The molecule has 4 nitrogen and oxygen atoms in total. The van der Waals surface area contributed by atoms with Crippen molar-refractivity contribution in [1.82, 2.24) is 0 Å². The summed E-state index contributed by atoms with van der Waals surface area (Å²) in [6, 6.07) is 9.99. The van der Waals surface area contributed by atoms with Crippen molar-refractivity contribution < 1.29 is 0 Å². The van der Waals surface area contributed by atoms with Crippen LogP contribution in [0.2, 0.25) is 0 Å². The van der Waals surface area contributed by atoms with Crippen molar-refractivity contribution in [1.29, 1.82) is 15.9 Å². The first kappa shape index (κ1) is 9.45. The highest BCUT2D eigenvalue weighted by molar-refractivity contribution is 5.63. The zero-order valence-corrected chi connectivity index (χ0v) is 7.18. The average molecular weight is 181 g/mol. The molecular formula is C10H5N4+. The maximum Gasteiger partial charge on any atom is 0.385 e. The number of nitrogens with zero attached hydrogens (tertiary/aromatic N) is 4. The van der Waals surface area contributed by atoms with E-state index in [1.807, 2.05) is 0 Å². The molecule has 0 unspecified atom stereocenters. The first-order valence-electron chi connectivity index (χ1n) is 3.77. The van der Waals surface area contributed by atoms with Crippen LogP contribution in [-0.4, -0.2) is 0 Å².